The van der Waals surface area contributed by atoms with Gasteiger partial charge in [0, 0.05) is 25.2 Å². The molecule has 6 heteroatoms. The van der Waals surface area contributed by atoms with Gasteiger partial charge in [-0.25, -0.2) is 0 Å². The number of carbonyl (C=O) groups is 3. The lowest BCUT2D eigenvalue weighted by molar-refractivity contribution is -0.122. The molecule has 29 heavy (non-hydrogen) atoms. The van der Waals surface area contributed by atoms with Crippen LogP contribution in [0.15, 0.2) is 61.2 Å². The molecule has 1 saturated heterocycles. The number of amides is 3. The number of nitrogens with one attached hydrogen (secondary N) is 2. The zero-order valence-electron chi connectivity index (χ0n) is 16.5. The zero-order valence-corrected chi connectivity index (χ0v) is 16.5. The minimum atomic E-state index is -0.474. The Hall–Kier alpha value is -3.41. The molecule has 0 aliphatic carbocycles. The van der Waals surface area contributed by atoms with Gasteiger partial charge in [-0.2, -0.15) is 0 Å². The second-order valence-corrected chi connectivity index (χ2v) is 6.96. The molecule has 3 rings (SSSR count). The van der Waals surface area contributed by atoms with Crippen molar-refractivity contribution in [2.24, 2.45) is 5.92 Å². The third-order valence-electron chi connectivity index (χ3n) is 4.99. The first-order valence-corrected chi connectivity index (χ1v) is 9.71. The van der Waals surface area contributed by atoms with Crippen LogP contribution in [0.4, 0.5) is 11.4 Å². The van der Waals surface area contributed by atoms with E-state index in [1.807, 2.05) is 24.3 Å². The highest BCUT2D eigenvalue weighted by atomic mass is 16.2. The van der Waals surface area contributed by atoms with Crippen LogP contribution in [0.1, 0.15) is 29.3 Å². The van der Waals surface area contributed by atoms with Crippen molar-refractivity contribution < 1.29 is 14.4 Å². The molecular weight excluding hydrogens is 366 g/mol. The molecule has 1 atom stereocenters. The molecule has 6 nitrogen and oxygen atoms in total. The maximum absolute atomic E-state index is 12.8. The molecule has 150 valence electrons. The third kappa shape index (κ3) is 4.71. The first-order chi connectivity index (χ1) is 14.0. The predicted molar refractivity (Wildman–Crippen MR) is 114 cm³/mol. The lowest BCUT2D eigenvalue weighted by atomic mass is 10.1. The van der Waals surface area contributed by atoms with Crippen molar-refractivity contribution in [1.29, 1.82) is 0 Å². The van der Waals surface area contributed by atoms with Crippen LogP contribution in [-0.2, 0) is 16.0 Å². The van der Waals surface area contributed by atoms with Crippen LogP contribution in [-0.4, -0.2) is 30.8 Å². The molecule has 0 bridgehead atoms. The molecule has 0 unspecified atom stereocenters. The summed E-state index contributed by atoms with van der Waals surface area (Å²) in [6.07, 6.45) is 2.66. The highest BCUT2D eigenvalue weighted by Crippen LogP contribution is 2.27. The summed E-state index contributed by atoms with van der Waals surface area (Å²) < 4.78 is 0. The van der Waals surface area contributed by atoms with Crippen molar-refractivity contribution >= 4 is 29.1 Å². The Morgan fingerprint density at radius 3 is 2.59 bits per heavy atom. The molecule has 2 aromatic rings. The minimum Gasteiger partial charge on any atom is -0.349 e. The van der Waals surface area contributed by atoms with Gasteiger partial charge in [-0.05, 0) is 36.2 Å². The Balaban J connectivity index is 1.70. The number of hydrogen-bond acceptors (Lipinski definition) is 3. The molecule has 1 fully saturated rings. The number of para-hydroxylation sites is 1. The number of anilines is 2. The van der Waals surface area contributed by atoms with Crippen molar-refractivity contribution in [2.45, 2.75) is 19.8 Å². The summed E-state index contributed by atoms with van der Waals surface area (Å²) in [6, 6.07) is 14.6. The normalized spacial score (nSPS) is 15.8. The van der Waals surface area contributed by atoms with E-state index in [2.05, 4.69) is 24.1 Å². The van der Waals surface area contributed by atoms with Gasteiger partial charge in [-0.3, -0.25) is 14.4 Å². The van der Waals surface area contributed by atoms with Crippen molar-refractivity contribution in [3.05, 3.63) is 72.3 Å². The quantitative estimate of drug-likeness (QED) is 0.712. The average Bonchev–Trinajstić information content (AvgIpc) is 3.14. The smallest absolute Gasteiger partial charge is 0.253 e. The molecule has 0 aromatic heterocycles. The van der Waals surface area contributed by atoms with Crippen LogP contribution in [0.2, 0.25) is 0 Å². The standard InChI is InChI=1S/C23H25N3O3/c1-3-13-24-23(29)19-7-5-6-8-20(19)25-22(28)17-14-21(27)26(15-17)18-11-9-16(4-2)10-12-18/h3,5-12,17H,1,4,13-15H2,2H3,(H,24,29)(H,25,28)/t17-/m1/s1. The number of aryl methyl sites for hydroxylation is 1. The first-order valence-electron chi connectivity index (χ1n) is 9.71. The lowest BCUT2D eigenvalue weighted by Crippen LogP contribution is -2.29. The summed E-state index contributed by atoms with van der Waals surface area (Å²) in [5, 5.41) is 5.52. The number of hydrogen-bond donors (Lipinski definition) is 2. The van der Waals surface area contributed by atoms with Gasteiger partial charge >= 0.3 is 0 Å². The van der Waals surface area contributed by atoms with E-state index in [0.29, 0.717) is 24.3 Å². The van der Waals surface area contributed by atoms with Crippen molar-refractivity contribution in [3.63, 3.8) is 0 Å². The van der Waals surface area contributed by atoms with Gasteiger partial charge < -0.3 is 15.5 Å². The van der Waals surface area contributed by atoms with E-state index >= 15 is 0 Å². The van der Waals surface area contributed by atoms with Crippen LogP contribution in [0, 0.1) is 5.92 Å². The van der Waals surface area contributed by atoms with Crippen molar-refractivity contribution in [3.8, 4) is 0 Å². The summed E-state index contributed by atoms with van der Waals surface area (Å²) in [6.45, 7) is 6.31. The summed E-state index contributed by atoms with van der Waals surface area (Å²) in [4.78, 5) is 39.2. The van der Waals surface area contributed by atoms with Gasteiger partial charge in [0.15, 0.2) is 0 Å². The second kappa shape index (κ2) is 9.19. The van der Waals surface area contributed by atoms with Gasteiger partial charge in [0.25, 0.3) is 5.91 Å². The fourth-order valence-electron chi connectivity index (χ4n) is 3.33. The van der Waals surface area contributed by atoms with Crippen LogP contribution >= 0.6 is 0 Å². The van der Waals surface area contributed by atoms with E-state index in [4.69, 9.17) is 0 Å². The highest BCUT2D eigenvalue weighted by Gasteiger charge is 2.35. The Morgan fingerprint density at radius 2 is 1.90 bits per heavy atom. The fraction of sp³-hybridized carbons (Fsp3) is 0.261. The molecular formula is C23H25N3O3. The third-order valence-corrected chi connectivity index (χ3v) is 4.99. The molecule has 0 spiro atoms. The fourth-order valence-corrected chi connectivity index (χ4v) is 3.33. The Bertz CT molecular complexity index is 921. The Labute approximate surface area is 170 Å². The molecule has 2 aromatic carbocycles. The molecule has 0 saturated carbocycles. The highest BCUT2D eigenvalue weighted by molar-refractivity contribution is 6.07. The van der Waals surface area contributed by atoms with E-state index in [0.717, 1.165) is 12.1 Å². The molecule has 0 radical (unpaired) electrons. The van der Waals surface area contributed by atoms with E-state index in [1.54, 1.807) is 35.2 Å². The topological polar surface area (TPSA) is 78.5 Å². The summed E-state index contributed by atoms with van der Waals surface area (Å²) in [7, 11) is 0. The van der Waals surface area contributed by atoms with Crippen LogP contribution in [0.5, 0.6) is 0 Å². The molecule has 1 aliphatic rings. The van der Waals surface area contributed by atoms with E-state index in [-0.39, 0.29) is 24.1 Å². The maximum Gasteiger partial charge on any atom is 0.253 e. The van der Waals surface area contributed by atoms with Crippen molar-refractivity contribution in [2.75, 3.05) is 23.3 Å². The number of nitrogens with zero attached hydrogens (tertiary/aromatic N) is 1. The summed E-state index contributed by atoms with van der Waals surface area (Å²) in [5.74, 6) is -1.11. The van der Waals surface area contributed by atoms with Gasteiger partial charge in [0.05, 0.1) is 17.2 Å². The molecule has 3 amide bonds. The minimum absolute atomic E-state index is 0.0774. The van der Waals surface area contributed by atoms with Gasteiger partial charge in [-0.1, -0.05) is 37.3 Å². The first kappa shape index (κ1) is 20.3. The SMILES string of the molecule is C=CCNC(=O)c1ccccc1NC(=O)[C@@H]1CC(=O)N(c2ccc(CC)cc2)C1. The lowest BCUT2D eigenvalue weighted by Gasteiger charge is -2.17. The molecule has 1 heterocycles. The van der Waals surface area contributed by atoms with Gasteiger partial charge in [-0.15, -0.1) is 6.58 Å². The van der Waals surface area contributed by atoms with E-state index < -0.39 is 5.92 Å². The van der Waals surface area contributed by atoms with Gasteiger partial charge in [0.1, 0.15) is 0 Å². The Morgan fingerprint density at radius 1 is 1.17 bits per heavy atom. The predicted octanol–water partition coefficient (Wildman–Crippen LogP) is 3.16. The average molecular weight is 391 g/mol. The van der Waals surface area contributed by atoms with Crippen LogP contribution in [0.25, 0.3) is 0 Å². The molecule has 2 N–H and O–H groups in total. The number of benzene rings is 2. The zero-order chi connectivity index (χ0) is 20.8. The van der Waals surface area contributed by atoms with E-state index in [1.165, 1.54) is 5.56 Å². The second-order valence-electron chi connectivity index (χ2n) is 6.96. The van der Waals surface area contributed by atoms with Gasteiger partial charge in [0.2, 0.25) is 11.8 Å². The van der Waals surface area contributed by atoms with E-state index in [9.17, 15) is 14.4 Å². The Kier molecular flexibility index (Phi) is 6.44. The number of carbonyl (C=O) groups excluding carboxylic acids is 3. The molecule has 1 aliphatic heterocycles. The largest absolute Gasteiger partial charge is 0.349 e. The van der Waals surface area contributed by atoms with Crippen molar-refractivity contribution in [1.82, 2.24) is 5.32 Å². The monoisotopic (exact) mass is 391 g/mol. The maximum atomic E-state index is 12.8. The van der Waals surface area contributed by atoms with Crippen LogP contribution in [0.3, 0.4) is 0 Å². The van der Waals surface area contributed by atoms with Crippen LogP contribution < -0.4 is 15.5 Å². The number of rotatable bonds is 7. The summed E-state index contributed by atoms with van der Waals surface area (Å²) >= 11 is 0. The summed E-state index contributed by atoms with van der Waals surface area (Å²) in [5.41, 5.74) is 2.80.